The Balaban J connectivity index is 2.72. The van der Waals surface area contributed by atoms with Crippen molar-refractivity contribution >= 4 is 21.9 Å². The normalized spacial score (nSPS) is 38.5. The molecule has 0 aromatic rings. The molecule has 2 nitrogen and oxygen atoms in total. The molecule has 0 saturated heterocycles. The summed E-state index contributed by atoms with van der Waals surface area (Å²) in [6.07, 6.45) is 3.99. The van der Waals surface area contributed by atoms with E-state index in [1.54, 1.807) is 0 Å². The van der Waals surface area contributed by atoms with E-state index in [0.717, 1.165) is 19.3 Å². The van der Waals surface area contributed by atoms with Gasteiger partial charge in [-0.1, -0.05) is 35.7 Å². The molecule has 11 heavy (non-hydrogen) atoms. The van der Waals surface area contributed by atoms with Crippen molar-refractivity contribution in [1.82, 2.24) is 0 Å². The fourth-order valence-corrected chi connectivity index (χ4v) is 2.13. The topological polar surface area (TPSA) is 37.3 Å². The molecule has 0 radical (unpaired) electrons. The Kier molecular flexibility index (Phi) is 2.58. The number of alkyl halides is 1. The number of carboxylic acids is 1. The Morgan fingerprint density at radius 2 is 2.27 bits per heavy atom. The van der Waals surface area contributed by atoms with Gasteiger partial charge in [-0.25, -0.2) is 0 Å². The molecule has 1 N–H and O–H groups in total. The number of carboxylic acid groups (broad SMARTS) is 1. The van der Waals surface area contributed by atoms with Gasteiger partial charge in [0, 0.05) is 0 Å². The van der Waals surface area contributed by atoms with Crippen LogP contribution in [0.2, 0.25) is 0 Å². The summed E-state index contributed by atoms with van der Waals surface area (Å²) >= 11 is 3.33. The maximum atomic E-state index is 10.8. The third-order valence-electron chi connectivity index (χ3n) is 2.56. The molecule has 3 heteroatoms. The van der Waals surface area contributed by atoms with Crippen molar-refractivity contribution < 1.29 is 9.90 Å². The largest absolute Gasteiger partial charge is 0.480 e. The zero-order valence-corrected chi connectivity index (χ0v) is 8.23. The fourth-order valence-electron chi connectivity index (χ4n) is 1.63. The molecular weight excluding hydrogens is 208 g/mol. The van der Waals surface area contributed by atoms with E-state index in [-0.39, 0.29) is 5.92 Å². The molecule has 64 valence electrons. The van der Waals surface area contributed by atoms with Crippen molar-refractivity contribution in [3.63, 3.8) is 0 Å². The lowest BCUT2D eigenvalue weighted by Gasteiger charge is -2.33. The summed E-state index contributed by atoms with van der Waals surface area (Å²) in [7, 11) is 0. The van der Waals surface area contributed by atoms with E-state index in [9.17, 15) is 4.79 Å². The van der Waals surface area contributed by atoms with Crippen molar-refractivity contribution in [2.24, 2.45) is 5.92 Å². The molecule has 1 aliphatic rings. The van der Waals surface area contributed by atoms with Crippen LogP contribution in [-0.4, -0.2) is 15.4 Å². The van der Waals surface area contributed by atoms with Gasteiger partial charge in [0.05, 0.1) is 0 Å². The molecule has 0 aromatic heterocycles. The van der Waals surface area contributed by atoms with E-state index in [0.29, 0.717) is 0 Å². The van der Waals surface area contributed by atoms with Crippen molar-refractivity contribution in [2.45, 2.75) is 36.9 Å². The van der Waals surface area contributed by atoms with Gasteiger partial charge in [0.1, 0.15) is 4.32 Å². The van der Waals surface area contributed by atoms with Gasteiger partial charge < -0.3 is 5.11 Å². The Bertz CT molecular complexity index is 169. The Morgan fingerprint density at radius 3 is 2.64 bits per heavy atom. The van der Waals surface area contributed by atoms with Crippen molar-refractivity contribution in [3.05, 3.63) is 0 Å². The van der Waals surface area contributed by atoms with Crippen LogP contribution in [0.25, 0.3) is 0 Å². The van der Waals surface area contributed by atoms with Gasteiger partial charge in [-0.2, -0.15) is 0 Å². The van der Waals surface area contributed by atoms with E-state index in [4.69, 9.17) is 5.11 Å². The van der Waals surface area contributed by atoms with E-state index >= 15 is 0 Å². The molecule has 0 aromatic carbocycles. The highest BCUT2D eigenvalue weighted by atomic mass is 79.9. The van der Waals surface area contributed by atoms with E-state index in [1.165, 1.54) is 6.42 Å². The van der Waals surface area contributed by atoms with Crippen LogP contribution >= 0.6 is 15.9 Å². The summed E-state index contributed by atoms with van der Waals surface area (Å²) in [5.74, 6) is -0.446. The summed E-state index contributed by atoms with van der Waals surface area (Å²) in [6, 6.07) is 0. The minimum atomic E-state index is -0.704. The van der Waals surface area contributed by atoms with Gasteiger partial charge in [-0.05, 0) is 18.8 Å². The first-order valence-corrected chi connectivity index (χ1v) is 4.79. The lowest BCUT2D eigenvalue weighted by atomic mass is 9.80. The molecule has 1 aliphatic carbocycles. The third-order valence-corrected chi connectivity index (χ3v) is 4.08. The molecule has 0 bridgehead atoms. The van der Waals surface area contributed by atoms with Gasteiger partial charge in [0.15, 0.2) is 0 Å². The van der Waals surface area contributed by atoms with E-state index in [2.05, 4.69) is 15.9 Å². The Hall–Kier alpha value is -0.0500. The SMILES string of the molecule is CC1CCCCC1(Br)C(=O)O. The maximum Gasteiger partial charge on any atom is 0.320 e. The van der Waals surface area contributed by atoms with Crippen LogP contribution in [0.3, 0.4) is 0 Å². The second kappa shape index (κ2) is 3.13. The molecule has 2 atom stereocenters. The first-order chi connectivity index (χ1) is 5.07. The highest BCUT2D eigenvalue weighted by molar-refractivity contribution is 9.10. The second-order valence-corrected chi connectivity index (χ2v) is 4.73. The van der Waals surface area contributed by atoms with E-state index in [1.807, 2.05) is 6.92 Å². The fraction of sp³-hybridized carbons (Fsp3) is 0.875. The molecule has 1 rings (SSSR count). The average molecular weight is 221 g/mol. The van der Waals surface area contributed by atoms with Crippen LogP contribution in [0.4, 0.5) is 0 Å². The summed E-state index contributed by atoms with van der Waals surface area (Å²) in [5, 5.41) is 8.92. The van der Waals surface area contributed by atoms with Crippen LogP contribution in [-0.2, 0) is 4.79 Å². The smallest absolute Gasteiger partial charge is 0.320 e. The number of hydrogen-bond acceptors (Lipinski definition) is 1. The Labute approximate surface area is 75.1 Å². The summed E-state index contributed by atoms with van der Waals surface area (Å²) in [6.45, 7) is 2.00. The van der Waals surface area contributed by atoms with Gasteiger partial charge in [-0.15, -0.1) is 0 Å². The second-order valence-electron chi connectivity index (χ2n) is 3.31. The van der Waals surface area contributed by atoms with Crippen LogP contribution < -0.4 is 0 Å². The zero-order chi connectivity index (χ0) is 8.48. The molecular formula is C8H13BrO2. The molecule has 0 aliphatic heterocycles. The highest BCUT2D eigenvalue weighted by Gasteiger charge is 2.42. The monoisotopic (exact) mass is 220 g/mol. The average Bonchev–Trinajstić information content (AvgIpc) is 1.95. The molecule has 1 saturated carbocycles. The van der Waals surface area contributed by atoms with Crippen LogP contribution in [0.15, 0.2) is 0 Å². The van der Waals surface area contributed by atoms with Gasteiger partial charge in [0.2, 0.25) is 0 Å². The third kappa shape index (κ3) is 1.58. The standard InChI is InChI=1S/C8H13BrO2/c1-6-4-2-3-5-8(6,9)7(10)11/h6H,2-5H2,1H3,(H,10,11). The van der Waals surface area contributed by atoms with Crippen molar-refractivity contribution in [2.75, 3.05) is 0 Å². The predicted octanol–water partition coefficient (Wildman–Crippen LogP) is 2.41. The molecule has 2 unspecified atom stereocenters. The summed E-state index contributed by atoms with van der Waals surface area (Å²) < 4.78 is -0.634. The first-order valence-electron chi connectivity index (χ1n) is 3.99. The van der Waals surface area contributed by atoms with E-state index < -0.39 is 10.3 Å². The summed E-state index contributed by atoms with van der Waals surface area (Å²) in [5.41, 5.74) is 0. The minimum Gasteiger partial charge on any atom is -0.480 e. The predicted molar refractivity (Wildman–Crippen MR) is 46.9 cm³/mol. The molecule has 0 amide bonds. The lowest BCUT2D eigenvalue weighted by Crippen LogP contribution is -2.40. The molecule has 1 fully saturated rings. The van der Waals surface area contributed by atoms with Crippen molar-refractivity contribution in [3.8, 4) is 0 Å². The number of carbonyl (C=O) groups is 1. The van der Waals surface area contributed by atoms with Gasteiger partial charge in [-0.3, -0.25) is 4.79 Å². The summed E-state index contributed by atoms with van der Waals surface area (Å²) in [4.78, 5) is 10.8. The van der Waals surface area contributed by atoms with Crippen LogP contribution in [0, 0.1) is 5.92 Å². The highest BCUT2D eigenvalue weighted by Crippen LogP contribution is 2.40. The number of hydrogen-bond donors (Lipinski definition) is 1. The van der Waals surface area contributed by atoms with Gasteiger partial charge >= 0.3 is 5.97 Å². The number of halogens is 1. The lowest BCUT2D eigenvalue weighted by molar-refractivity contribution is -0.141. The quantitative estimate of drug-likeness (QED) is 0.690. The van der Waals surface area contributed by atoms with Crippen LogP contribution in [0.5, 0.6) is 0 Å². The number of aliphatic carboxylic acids is 1. The maximum absolute atomic E-state index is 10.8. The van der Waals surface area contributed by atoms with Crippen LogP contribution in [0.1, 0.15) is 32.6 Å². The Morgan fingerprint density at radius 1 is 1.64 bits per heavy atom. The number of rotatable bonds is 1. The minimum absolute atomic E-state index is 0.258. The first kappa shape index (κ1) is 9.04. The zero-order valence-electron chi connectivity index (χ0n) is 6.64. The molecule has 0 heterocycles. The van der Waals surface area contributed by atoms with Crippen molar-refractivity contribution in [1.29, 1.82) is 0 Å². The molecule has 0 spiro atoms. The van der Waals surface area contributed by atoms with Gasteiger partial charge in [0.25, 0.3) is 0 Å².